The molecule has 8 heteroatoms. The van der Waals surface area contributed by atoms with E-state index >= 15 is 0 Å². The summed E-state index contributed by atoms with van der Waals surface area (Å²) in [5, 5.41) is 3.48. The van der Waals surface area contributed by atoms with E-state index in [1.54, 1.807) is 17.8 Å². The van der Waals surface area contributed by atoms with Gasteiger partial charge in [0.05, 0.1) is 6.33 Å². The molecular formula is C19H21N5O2S. The van der Waals surface area contributed by atoms with Gasteiger partial charge >= 0.3 is 0 Å². The summed E-state index contributed by atoms with van der Waals surface area (Å²) in [6, 6.07) is 15.5. The number of anilines is 1. The molecule has 1 aromatic carbocycles. The molecule has 0 spiro atoms. The maximum absolute atomic E-state index is 13.0. The molecule has 1 N–H and O–H groups in total. The first kappa shape index (κ1) is 17.7. The summed E-state index contributed by atoms with van der Waals surface area (Å²) in [5.74, 6) is 0.757. The van der Waals surface area contributed by atoms with Gasteiger partial charge < -0.3 is 9.88 Å². The number of benzene rings is 1. The Balaban J connectivity index is 1.64. The highest BCUT2D eigenvalue weighted by atomic mass is 32.2. The van der Waals surface area contributed by atoms with Crippen molar-refractivity contribution in [1.29, 1.82) is 0 Å². The fourth-order valence-electron chi connectivity index (χ4n) is 3.44. The Morgan fingerprint density at radius 3 is 2.48 bits per heavy atom. The zero-order valence-corrected chi connectivity index (χ0v) is 15.7. The third-order valence-electron chi connectivity index (χ3n) is 4.80. The van der Waals surface area contributed by atoms with Crippen LogP contribution >= 0.6 is 0 Å². The van der Waals surface area contributed by atoms with E-state index in [0.29, 0.717) is 13.1 Å². The van der Waals surface area contributed by atoms with E-state index in [4.69, 9.17) is 0 Å². The number of hydrogen-bond donors (Lipinski definition) is 1. The van der Waals surface area contributed by atoms with Gasteiger partial charge in [0, 0.05) is 44.5 Å². The summed E-state index contributed by atoms with van der Waals surface area (Å²) in [7, 11) is -1.88. The number of rotatable bonds is 5. The lowest BCUT2D eigenvalue weighted by Crippen LogP contribution is -2.32. The molecule has 4 rings (SSSR count). The van der Waals surface area contributed by atoms with Gasteiger partial charge in [0.15, 0.2) is 5.03 Å². The quantitative estimate of drug-likeness (QED) is 0.730. The van der Waals surface area contributed by atoms with Gasteiger partial charge in [0.25, 0.3) is 10.0 Å². The molecule has 0 aliphatic carbocycles. The van der Waals surface area contributed by atoms with Crippen molar-refractivity contribution < 1.29 is 8.42 Å². The van der Waals surface area contributed by atoms with Crippen molar-refractivity contribution in [1.82, 2.24) is 18.8 Å². The van der Waals surface area contributed by atoms with Gasteiger partial charge in [0.1, 0.15) is 5.82 Å². The molecule has 1 aliphatic rings. The zero-order valence-electron chi connectivity index (χ0n) is 14.9. The Hall–Kier alpha value is -2.71. The van der Waals surface area contributed by atoms with Crippen molar-refractivity contribution in [3.63, 3.8) is 0 Å². The minimum atomic E-state index is -3.64. The van der Waals surface area contributed by atoms with Crippen LogP contribution in [0.3, 0.4) is 0 Å². The van der Waals surface area contributed by atoms with E-state index in [1.165, 1.54) is 16.8 Å². The lowest BCUT2D eigenvalue weighted by atomic mass is 9.94. The Kier molecular flexibility index (Phi) is 4.67. The number of nitrogens with one attached hydrogen (secondary N) is 1. The highest BCUT2D eigenvalue weighted by Gasteiger charge is 2.41. The van der Waals surface area contributed by atoms with Gasteiger partial charge in [-0.3, -0.25) is 0 Å². The largest absolute Gasteiger partial charge is 0.365 e. The van der Waals surface area contributed by atoms with Gasteiger partial charge in [0.2, 0.25) is 0 Å². The van der Waals surface area contributed by atoms with Crippen molar-refractivity contribution in [2.45, 2.75) is 17.0 Å². The van der Waals surface area contributed by atoms with Crippen LogP contribution in [0.15, 0.2) is 72.3 Å². The minimum Gasteiger partial charge on any atom is -0.365 e. The Labute approximate surface area is 158 Å². The number of nitrogens with zero attached hydrogens (tertiary/aromatic N) is 4. The third-order valence-corrected chi connectivity index (χ3v) is 6.52. The van der Waals surface area contributed by atoms with E-state index in [9.17, 15) is 8.42 Å². The van der Waals surface area contributed by atoms with Crippen LogP contribution in [0.4, 0.5) is 5.82 Å². The molecule has 3 heterocycles. The second-order valence-corrected chi connectivity index (χ2v) is 8.57. The molecule has 2 aromatic heterocycles. The summed E-state index contributed by atoms with van der Waals surface area (Å²) < 4.78 is 29.2. The second-order valence-electron chi connectivity index (χ2n) is 6.68. The van der Waals surface area contributed by atoms with Gasteiger partial charge in [-0.05, 0) is 17.7 Å². The summed E-state index contributed by atoms with van der Waals surface area (Å²) in [5.41, 5.74) is 1.10. The maximum atomic E-state index is 13.0. The van der Waals surface area contributed by atoms with Crippen LogP contribution < -0.4 is 5.32 Å². The normalized spacial score (nSPS) is 20.6. The average molecular weight is 383 g/mol. The monoisotopic (exact) mass is 383 g/mol. The van der Waals surface area contributed by atoms with Crippen molar-refractivity contribution in [3.05, 3.63) is 72.8 Å². The van der Waals surface area contributed by atoms with Crippen molar-refractivity contribution in [3.8, 4) is 0 Å². The zero-order chi connectivity index (χ0) is 18.9. The van der Waals surface area contributed by atoms with Crippen LogP contribution in [0.25, 0.3) is 0 Å². The standard InChI is InChI=1S/C19H21N5O2S/c1-23-13-19(21-14-23)27(25,26)24-11-16(15-7-3-2-4-8-15)17(12-24)22-18-9-5-6-10-20-18/h2-10,13-14,16-17H,11-12H2,1H3,(H,20,22)/t16-,17+/m0/s1. The molecule has 0 unspecified atom stereocenters. The molecule has 0 bridgehead atoms. The molecular weight excluding hydrogens is 362 g/mol. The van der Waals surface area contributed by atoms with Crippen LogP contribution in [-0.2, 0) is 17.1 Å². The fraction of sp³-hybridized carbons (Fsp3) is 0.263. The highest BCUT2D eigenvalue weighted by Crippen LogP contribution is 2.32. The number of aryl methyl sites for hydroxylation is 1. The number of hydrogen-bond acceptors (Lipinski definition) is 5. The van der Waals surface area contributed by atoms with Crippen LogP contribution in [0, 0.1) is 0 Å². The molecule has 1 fully saturated rings. The number of pyridine rings is 1. The van der Waals surface area contributed by atoms with E-state index in [0.717, 1.165) is 11.4 Å². The van der Waals surface area contributed by atoms with E-state index in [1.807, 2.05) is 48.5 Å². The van der Waals surface area contributed by atoms with Crippen molar-refractivity contribution >= 4 is 15.8 Å². The van der Waals surface area contributed by atoms with Gasteiger partial charge in [-0.15, -0.1) is 0 Å². The lowest BCUT2D eigenvalue weighted by Gasteiger charge is -2.20. The molecule has 7 nitrogen and oxygen atoms in total. The molecule has 140 valence electrons. The topological polar surface area (TPSA) is 80.1 Å². The summed E-state index contributed by atoms with van der Waals surface area (Å²) in [4.78, 5) is 8.36. The fourth-order valence-corrected chi connectivity index (χ4v) is 4.90. The molecule has 1 aliphatic heterocycles. The SMILES string of the molecule is Cn1cnc(S(=O)(=O)N2C[C@@H](Nc3ccccn3)[C@H](c3ccccc3)C2)c1. The first-order valence-electron chi connectivity index (χ1n) is 8.74. The number of sulfonamides is 1. The molecule has 27 heavy (non-hydrogen) atoms. The minimum absolute atomic E-state index is 0.0201. The molecule has 1 saturated heterocycles. The molecule has 0 amide bonds. The molecule has 2 atom stereocenters. The maximum Gasteiger partial charge on any atom is 0.262 e. The number of imidazole rings is 1. The summed E-state index contributed by atoms with van der Waals surface area (Å²) in [6.45, 7) is 0.752. The average Bonchev–Trinajstić information content (AvgIpc) is 3.31. The van der Waals surface area contributed by atoms with Gasteiger partial charge in [-0.1, -0.05) is 36.4 Å². The first-order valence-corrected chi connectivity index (χ1v) is 10.2. The smallest absolute Gasteiger partial charge is 0.262 e. The Morgan fingerprint density at radius 2 is 1.81 bits per heavy atom. The van der Waals surface area contributed by atoms with Crippen LogP contribution in [0.5, 0.6) is 0 Å². The molecule has 3 aromatic rings. The summed E-state index contributed by atoms with van der Waals surface area (Å²) >= 11 is 0. The number of aromatic nitrogens is 3. The van der Waals surface area contributed by atoms with Crippen molar-refractivity contribution in [2.24, 2.45) is 7.05 Å². The Morgan fingerprint density at radius 1 is 1.04 bits per heavy atom. The first-order chi connectivity index (χ1) is 13.0. The highest BCUT2D eigenvalue weighted by molar-refractivity contribution is 7.89. The molecule has 0 radical (unpaired) electrons. The van der Waals surface area contributed by atoms with E-state index < -0.39 is 10.0 Å². The lowest BCUT2D eigenvalue weighted by molar-refractivity contribution is 0.468. The summed E-state index contributed by atoms with van der Waals surface area (Å²) in [6.07, 6.45) is 4.75. The van der Waals surface area contributed by atoms with E-state index in [2.05, 4.69) is 15.3 Å². The van der Waals surface area contributed by atoms with Crippen LogP contribution in [0.1, 0.15) is 11.5 Å². The van der Waals surface area contributed by atoms with Crippen LogP contribution in [-0.4, -0.2) is 46.4 Å². The van der Waals surface area contributed by atoms with Gasteiger partial charge in [-0.2, -0.15) is 4.31 Å². The second kappa shape index (κ2) is 7.13. The predicted molar refractivity (Wildman–Crippen MR) is 103 cm³/mol. The predicted octanol–water partition coefficient (Wildman–Crippen LogP) is 2.08. The third kappa shape index (κ3) is 3.58. The van der Waals surface area contributed by atoms with Gasteiger partial charge in [-0.25, -0.2) is 18.4 Å². The van der Waals surface area contributed by atoms with E-state index in [-0.39, 0.29) is 17.0 Å². The molecule has 0 saturated carbocycles. The van der Waals surface area contributed by atoms with Crippen molar-refractivity contribution in [2.75, 3.05) is 18.4 Å². The Bertz CT molecular complexity index is 1000. The van der Waals surface area contributed by atoms with Crippen LogP contribution in [0.2, 0.25) is 0 Å².